The lowest BCUT2D eigenvalue weighted by Crippen LogP contribution is -2.22. The molecule has 2 rings (SSSR count). The van der Waals surface area contributed by atoms with E-state index in [2.05, 4.69) is 38.0 Å². The molecule has 1 heterocycles. The van der Waals surface area contributed by atoms with Gasteiger partial charge in [0.25, 0.3) is 0 Å². The smallest absolute Gasteiger partial charge is 0.185 e. The van der Waals surface area contributed by atoms with Gasteiger partial charge in [0, 0.05) is 31.1 Å². The summed E-state index contributed by atoms with van der Waals surface area (Å²) in [7, 11) is 2.16. The molecule has 0 saturated heterocycles. The fraction of sp³-hybridized carbons (Fsp3) is 0.800. The molecule has 0 atom stereocenters. The van der Waals surface area contributed by atoms with E-state index in [0.717, 1.165) is 25.6 Å². The molecule has 0 radical (unpaired) electrons. The van der Waals surface area contributed by atoms with Crippen molar-refractivity contribution in [2.75, 3.05) is 18.5 Å². The Hall–Kier alpha value is -0.610. The third kappa shape index (κ3) is 4.46. The first-order chi connectivity index (χ1) is 9.10. The molecule has 108 valence electrons. The Balaban J connectivity index is 2.03. The number of nitrogens with one attached hydrogen (secondary N) is 1. The largest absolute Gasteiger partial charge is 0.351 e. The quantitative estimate of drug-likeness (QED) is 0.791. The zero-order valence-corrected chi connectivity index (χ0v) is 13.5. The molecular weight excluding hydrogens is 254 g/mol. The fourth-order valence-electron chi connectivity index (χ4n) is 2.25. The molecule has 1 aromatic heterocycles. The van der Waals surface area contributed by atoms with E-state index in [1.807, 2.05) is 11.3 Å². The molecule has 3 nitrogen and oxygen atoms in total. The third-order valence-corrected chi connectivity index (χ3v) is 4.56. The van der Waals surface area contributed by atoms with Crippen LogP contribution >= 0.6 is 11.3 Å². The van der Waals surface area contributed by atoms with Gasteiger partial charge in [-0.1, -0.05) is 27.2 Å². The summed E-state index contributed by atoms with van der Waals surface area (Å²) in [5.74, 6) is 0.677. The number of thiazole rings is 1. The summed E-state index contributed by atoms with van der Waals surface area (Å²) < 4.78 is 0. The van der Waals surface area contributed by atoms with E-state index in [1.165, 1.54) is 35.0 Å². The Morgan fingerprint density at radius 1 is 1.42 bits per heavy atom. The molecular formula is C15H27N3S. The van der Waals surface area contributed by atoms with Gasteiger partial charge in [0.2, 0.25) is 0 Å². The van der Waals surface area contributed by atoms with Crippen LogP contribution in [-0.2, 0) is 13.0 Å². The number of aromatic nitrogens is 1. The van der Waals surface area contributed by atoms with E-state index in [-0.39, 0.29) is 0 Å². The van der Waals surface area contributed by atoms with Gasteiger partial charge in [-0.2, -0.15) is 0 Å². The van der Waals surface area contributed by atoms with Gasteiger partial charge < -0.3 is 10.2 Å². The van der Waals surface area contributed by atoms with Gasteiger partial charge in [-0.3, -0.25) is 0 Å². The van der Waals surface area contributed by atoms with Crippen LogP contribution in [0.5, 0.6) is 0 Å². The second-order valence-corrected chi connectivity index (χ2v) is 7.11. The summed E-state index contributed by atoms with van der Waals surface area (Å²) in [5.41, 5.74) is 1.31. The monoisotopic (exact) mass is 281 g/mol. The molecule has 4 heteroatoms. The highest BCUT2D eigenvalue weighted by atomic mass is 32.1. The number of hydrogen-bond donors (Lipinski definition) is 1. The van der Waals surface area contributed by atoms with Crippen LogP contribution in [0.25, 0.3) is 0 Å². The van der Waals surface area contributed by atoms with Crippen molar-refractivity contribution >= 4 is 16.5 Å². The van der Waals surface area contributed by atoms with E-state index in [9.17, 15) is 0 Å². The fourth-order valence-corrected chi connectivity index (χ4v) is 3.28. The predicted molar refractivity (Wildman–Crippen MR) is 84.1 cm³/mol. The number of hydrogen-bond acceptors (Lipinski definition) is 4. The second kappa shape index (κ2) is 6.71. The first-order valence-electron chi connectivity index (χ1n) is 7.53. The highest BCUT2D eigenvalue weighted by molar-refractivity contribution is 7.15. The van der Waals surface area contributed by atoms with Gasteiger partial charge in [0.05, 0.1) is 5.69 Å². The molecule has 0 aliphatic heterocycles. The standard InChI is InChI=1S/C15H27N3S/c1-5-6-13-14(9-16-12-7-8-12)19-15(17-13)18(4)10-11(2)3/h11-12,16H,5-10H2,1-4H3. The maximum Gasteiger partial charge on any atom is 0.185 e. The van der Waals surface area contributed by atoms with E-state index >= 15 is 0 Å². The Morgan fingerprint density at radius 3 is 2.74 bits per heavy atom. The number of rotatable bonds is 8. The van der Waals surface area contributed by atoms with Crippen molar-refractivity contribution in [1.82, 2.24) is 10.3 Å². The summed E-state index contributed by atoms with van der Waals surface area (Å²) in [4.78, 5) is 8.60. The topological polar surface area (TPSA) is 28.2 Å². The maximum absolute atomic E-state index is 4.86. The molecule has 1 aromatic rings. The number of nitrogens with zero attached hydrogens (tertiary/aromatic N) is 2. The Morgan fingerprint density at radius 2 is 2.16 bits per heavy atom. The van der Waals surface area contributed by atoms with Gasteiger partial charge in [0.1, 0.15) is 0 Å². The molecule has 0 unspecified atom stereocenters. The van der Waals surface area contributed by atoms with Crippen molar-refractivity contribution < 1.29 is 0 Å². The SMILES string of the molecule is CCCc1nc(N(C)CC(C)C)sc1CNC1CC1. The lowest BCUT2D eigenvalue weighted by atomic mass is 10.2. The zero-order valence-electron chi connectivity index (χ0n) is 12.7. The highest BCUT2D eigenvalue weighted by Gasteiger charge is 2.22. The molecule has 0 amide bonds. The Kier molecular flexibility index (Phi) is 5.22. The first-order valence-corrected chi connectivity index (χ1v) is 8.34. The molecule has 1 fully saturated rings. The number of anilines is 1. The minimum atomic E-state index is 0.677. The lowest BCUT2D eigenvalue weighted by Gasteiger charge is -2.17. The molecule has 1 aliphatic rings. The Bertz CT molecular complexity index is 396. The third-order valence-electron chi connectivity index (χ3n) is 3.35. The van der Waals surface area contributed by atoms with Crippen LogP contribution in [-0.4, -0.2) is 24.6 Å². The molecule has 1 aliphatic carbocycles. The van der Waals surface area contributed by atoms with Crippen molar-refractivity contribution in [2.24, 2.45) is 5.92 Å². The average Bonchev–Trinajstić information content (AvgIpc) is 3.08. The van der Waals surface area contributed by atoms with Gasteiger partial charge in [-0.05, 0) is 25.2 Å². The minimum absolute atomic E-state index is 0.677. The maximum atomic E-state index is 4.86. The number of aryl methyl sites for hydroxylation is 1. The van der Waals surface area contributed by atoms with E-state index < -0.39 is 0 Å². The molecule has 0 bridgehead atoms. The van der Waals surface area contributed by atoms with Gasteiger partial charge in [-0.25, -0.2) is 4.98 Å². The van der Waals surface area contributed by atoms with Gasteiger partial charge >= 0.3 is 0 Å². The lowest BCUT2D eigenvalue weighted by molar-refractivity contribution is 0.637. The summed E-state index contributed by atoms with van der Waals surface area (Å²) in [5, 5.41) is 4.80. The summed E-state index contributed by atoms with van der Waals surface area (Å²) in [6, 6.07) is 0.772. The normalized spacial score (nSPS) is 15.2. The second-order valence-electron chi connectivity index (χ2n) is 6.05. The molecule has 1 N–H and O–H groups in total. The van der Waals surface area contributed by atoms with Crippen LogP contribution in [0.2, 0.25) is 0 Å². The van der Waals surface area contributed by atoms with Crippen molar-refractivity contribution in [2.45, 2.75) is 59.0 Å². The van der Waals surface area contributed by atoms with Crippen LogP contribution in [0.4, 0.5) is 5.13 Å². The van der Waals surface area contributed by atoms with Crippen molar-refractivity contribution in [1.29, 1.82) is 0 Å². The summed E-state index contributed by atoms with van der Waals surface area (Å²) in [6.07, 6.45) is 4.98. The summed E-state index contributed by atoms with van der Waals surface area (Å²) in [6.45, 7) is 8.83. The van der Waals surface area contributed by atoms with Crippen LogP contribution < -0.4 is 10.2 Å². The summed E-state index contributed by atoms with van der Waals surface area (Å²) >= 11 is 1.87. The minimum Gasteiger partial charge on any atom is -0.351 e. The van der Waals surface area contributed by atoms with E-state index in [1.54, 1.807) is 0 Å². The average molecular weight is 281 g/mol. The molecule has 1 saturated carbocycles. The van der Waals surface area contributed by atoms with Crippen molar-refractivity contribution in [3.8, 4) is 0 Å². The molecule has 0 aromatic carbocycles. The van der Waals surface area contributed by atoms with Crippen LogP contribution in [0.15, 0.2) is 0 Å². The Labute approximate surface area is 121 Å². The van der Waals surface area contributed by atoms with Crippen LogP contribution in [0, 0.1) is 5.92 Å². The van der Waals surface area contributed by atoms with Crippen molar-refractivity contribution in [3.63, 3.8) is 0 Å². The molecule has 0 spiro atoms. The van der Waals surface area contributed by atoms with Gasteiger partial charge in [-0.15, -0.1) is 11.3 Å². The van der Waals surface area contributed by atoms with E-state index in [4.69, 9.17) is 4.98 Å². The van der Waals surface area contributed by atoms with Gasteiger partial charge in [0.15, 0.2) is 5.13 Å². The van der Waals surface area contributed by atoms with Crippen LogP contribution in [0.3, 0.4) is 0 Å². The molecule has 19 heavy (non-hydrogen) atoms. The predicted octanol–water partition coefficient (Wildman–Crippen LogP) is 3.44. The van der Waals surface area contributed by atoms with Crippen LogP contribution in [0.1, 0.15) is 50.6 Å². The highest BCUT2D eigenvalue weighted by Crippen LogP contribution is 2.28. The first kappa shape index (κ1) is 14.8. The van der Waals surface area contributed by atoms with E-state index in [0.29, 0.717) is 5.92 Å². The zero-order chi connectivity index (χ0) is 13.8. The van der Waals surface area contributed by atoms with Crippen molar-refractivity contribution in [3.05, 3.63) is 10.6 Å².